The van der Waals surface area contributed by atoms with Gasteiger partial charge in [-0.3, -0.25) is 4.79 Å². The van der Waals surface area contributed by atoms with Gasteiger partial charge in [0.05, 0.1) is 12.0 Å². The van der Waals surface area contributed by atoms with E-state index in [1.165, 1.54) is 0 Å². The summed E-state index contributed by atoms with van der Waals surface area (Å²) in [5, 5.41) is 4.46. The van der Waals surface area contributed by atoms with E-state index in [0.717, 1.165) is 16.9 Å². The van der Waals surface area contributed by atoms with Crippen LogP contribution in [0.1, 0.15) is 45.1 Å². The molecular formula is C27H33NO6S. The first-order valence-electron chi connectivity index (χ1n) is 11.9. The van der Waals surface area contributed by atoms with Crippen molar-refractivity contribution >= 4 is 23.4 Å². The van der Waals surface area contributed by atoms with Gasteiger partial charge in [0, 0.05) is 5.56 Å². The van der Waals surface area contributed by atoms with E-state index in [4.69, 9.17) is 23.8 Å². The molecule has 0 aromatic heterocycles. The standard InChI is InChI=1S/C27H33NO6S/c1-5-35-25-21(28-31-16-18-12-8-6-9-13-18)23(34-26(29)27(2,3)4)22-20(32-25)17-30-24(33-22)19-14-10-7-11-15-19/h6-15,20,22-25H,5,16-17H2,1-4H3/b28-21-/t20-,22-,23-,24-,25-/m1/s1. The number of fused-ring (bicyclic) bond motifs is 1. The Morgan fingerprint density at radius 3 is 2.40 bits per heavy atom. The number of carbonyl (C=O) groups is 1. The van der Waals surface area contributed by atoms with E-state index in [-0.39, 0.29) is 5.97 Å². The summed E-state index contributed by atoms with van der Waals surface area (Å²) in [5.41, 5.74) is 1.23. The van der Waals surface area contributed by atoms with E-state index >= 15 is 0 Å². The van der Waals surface area contributed by atoms with Crippen LogP contribution >= 0.6 is 11.8 Å². The first kappa shape index (κ1) is 25.7. The summed E-state index contributed by atoms with van der Waals surface area (Å²) in [6.07, 6.45) is -2.37. The highest BCUT2D eigenvalue weighted by Crippen LogP contribution is 2.37. The number of hydrogen-bond acceptors (Lipinski definition) is 8. The SMILES string of the molecule is CCS[C@H]1O[C@@H]2CO[C@@H](c3ccccc3)O[C@H]2[C@H](OC(=O)C(C)(C)C)/C1=N/OCc1ccccc1. The van der Waals surface area contributed by atoms with Gasteiger partial charge in [-0.15, -0.1) is 11.8 Å². The molecule has 2 saturated heterocycles. The summed E-state index contributed by atoms with van der Waals surface area (Å²) in [5.74, 6) is 0.444. The molecule has 2 aliphatic heterocycles. The van der Waals surface area contributed by atoms with E-state index in [1.807, 2.05) is 88.4 Å². The third kappa shape index (κ3) is 6.44. The molecule has 35 heavy (non-hydrogen) atoms. The molecule has 5 atom stereocenters. The second-order valence-corrected chi connectivity index (χ2v) is 10.8. The Bertz CT molecular complexity index is 994. The minimum Gasteiger partial charge on any atom is -0.453 e. The van der Waals surface area contributed by atoms with Gasteiger partial charge in [-0.1, -0.05) is 72.7 Å². The molecule has 188 valence electrons. The number of thioether (sulfide) groups is 1. The largest absolute Gasteiger partial charge is 0.453 e. The van der Waals surface area contributed by atoms with Crippen LogP contribution in [0.25, 0.3) is 0 Å². The van der Waals surface area contributed by atoms with Crippen molar-refractivity contribution in [2.75, 3.05) is 12.4 Å². The second kappa shape index (κ2) is 11.6. The molecule has 2 aliphatic rings. The van der Waals surface area contributed by atoms with Crippen LogP contribution in [-0.2, 0) is 35.2 Å². The van der Waals surface area contributed by atoms with Gasteiger partial charge in [-0.05, 0) is 32.1 Å². The topological polar surface area (TPSA) is 75.6 Å². The molecule has 0 radical (unpaired) electrons. The van der Waals surface area contributed by atoms with Gasteiger partial charge in [-0.2, -0.15) is 0 Å². The van der Waals surface area contributed by atoms with Crippen LogP contribution in [0.15, 0.2) is 65.8 Å². The predicted octanol–water partition coefficient (Wildman–Crippen LogP) is 5.11. The van der Waals surface area contributed by atoms with Gasteiger partial charge in [0.25, 0.3) is 0 Å². The molecule has 2 aromatic rings. The van der Waals surface area contributed by atoms with E-state index in [2.05, 4.69) is 5.16 Å². The number of carbonyl (C=O) groups excluding carboxylic acids is 1. The molecule has 0 amide bonds. The van der Waals surface area contributed by atoms with Gasteiger partial charge < -0.3 is 23.8 Å². The quantitative estimate of drug-likeness (QED) is 0.387. The summed E-state index contributed by atoms with van der Waals surface area (Å²) in [6, 6.07) is 19.5. The zero-order chi connectivity index (χ0) is 24.8. The lowest BCUT2D eigenvalue weighted by Crippen LogP contribution is -2.61. The van der Waals surface area contributed by atoms with Gasteiger partial charge in [0.1, 0.15) is 30.0 Å². The Balaban J connectivity index is 1.63. The summed E-state index contributed by atoms with van der Waals surface area (Å²) in [6.45, 7) is 8.11. The summed E-state index contributed by atoms with van der Waals surface area (Å²) in [4.78, 5) is 18.8. The lowest BCUT2D eigenvalue weighted by molar-refractivity contribution is -0.286. The maximum absolute atomic E-state index is 13.0. The number of hydrogen-bond donors (Lipinski definition) is 0. The Labute approximate surface area is 211 Å². The molecule has 4 rings (SSSR count). The van der Waals surface area contributed by atoms with E-state index in [0.29, 0.717) is 18.9 Å². The summed E-state index contributed by atoms with van der Waals surface area (Å²) in [7, 11) is 0. The number of benzene rings is 2. The van der Waals surface area contributed by atoms with Crippen LogP contribution < -0.4 is 0 Å². The number of nitrogens with zero attached hydrogens (tertiary/aromatic N) is 1. The van der Waals surface area contributed by atoms with Crippen LogP contribution in [-0.4, -0.2) is 47.8 Å². The van der Waals surface area contributed by atoms with E-state index in [1.54, 1.807) is 11.8 Å². The molecule has 0 N–H and O–H groups in total. The van der Waals surface area contributed by atoms with Crippen molar-refractivity contribution in [3.8, 4) is 0 Å². The average molecular weight is 500 g/mol. The monoisotopic (exact) mass is 499 g/mol. The molecule has 2 heterocycles. The first-order valence-corrected chi connectivity index (χ1v) is 13.0. The molecule has 2 fully saturated rings. The van der Waals surface area contributed by atoms with Crippen molar-refractivity contribution in [3.05, 3.63) is 71.8 Å². The van der Waals surface area contributed by atoms with Gasteiger partial charge in [0.15, 0.2) is 12.4 Å². The van der Waals surface area contributed by atoms with Crippen molar-refractivity contribution in [3.63, 3.8) is 0 Å². The Hall–Kier alpha value is -2.39. The zero-order valence-electron chi connectivity index (χ0n) is 20.6. The molecule has 0 saturated carbocycles. The Morgan fingerprint density at radius 2 is 1.74 bits per heavy atom. The van der Waals surface area contributed by atoms with Gasteiger partial charge in [-0.25, -0.2) is 0 Å². The average Bonchev–Trinajstić information content (AvgIpc) is 2.86. The van der Waals surface area contributed by atoms with Crippen LogP contribution in [0, 0.1) is 5.41 Å². The van der Waals surface area contributed by atoms with Crippen molar-refractivity contribution < 1.29 is 28.6 Å². The van der Waals surface area contributed by atoms with Gasteiger partial charge >= 0.3 is 5.97 Å². The van der Waals surface area contributed by atoms with Crippen LogP contribution in [0.5, 0.6) is 0 Å². The lowest BCUT2D eigenvalue weighted by Gasteiger charge is -2.45. The Kier molecular flexibility index (Phi) is 8.49. The van der Waals surface area contributed by atoms with Crippen LogP contribution in [0.3, 0.4) is 0 Å². The van der Waals surface area contributed by atoms with Crippen LogP contribution in [0.2, 0.25) is 0 Å². The number of esters is 1. The minimum absolute atomic E-state index is 0.290. The molecule has 0 unspecified atom stereocenters. The lowest BCUT2D eigenvalue weighted by atomic mass is 9.95. The van der Waals surface area contributed by atoms with E-state index in [9.17, 15) is 4.79 Å². The summed E-state index contributed by atoms with van der Waals surface area (Å²) < 4.78 is 24.8. The third-order valence-electron chi connectivity index (χ3n) is 5.67. The fourth-order valence-electron chi connectivity index (χ4n) is 3.79. The van der Waals surface area contributed by atoms with Gasteiger partial charge in [0.2, 0.25) is 0 Å². The molecule has 0 aliphatic carbocycles. The van der Waals surface area contributed by atoms with E-state index < -0.39 is 35.5 Å². The molecular weight excluding hydrogens is 466 g/mol. The Morgan fingerprint density at radius 1 is 1.06 bits per heavy atom. The normalized spacial score (nSPS) is 27.8. The third-order valence-corrected chi connectivity index (χ3v) is 6.66. The fourth-order valence-corrected chi connectivity index (χ4v) is 4.66. The fraction of sp³-hybridized carbons (Fsp3) is 0.481. The highest BCUT2D eigenvalue weighted by Gasteiger charge is 2.51. The number of ether oxygens (including phenoxy) is 4. The first-order chi connectivity index (χ1) is 16.9. The predicted molar refractivity (Wildman–Crippen MR) is 135 cm³/mol. The zero-order valence-corrected chi connectivity index (χ0v) is 21.4. The highest BCUT2D eigenvalue weighted by atomic mass is 32.2. The smallest absolute Gasteiger partial charge is 0.311 e. The molecule has 7 nitrogen and oxygen atoms in total. The highest BCUT2D eigenvalue weighted by molar-refractivity contribution is 8.00. The number of rotatable bonds is 7. The second-order valence-electron chi connectivity index (χ2n) is 9.49. The number of oxime groups is 1. The minimum atomic E-state index is -0.768. The van der Waals surface area contributed by atoms with Crippen molar-refractivity contribution in [2.24, 2.45) is 10.6 Å². The van der Waals surface area contributed by atoms with Crippen molar-refractivity contribution in [2.45, 2.75) is 64.3 Å². The molecule has 0 spiro atoms. The molecule has 8 heteroatoms. The maximum atomic E-state index is 13.0. The van der Waals surface area contributed by atoms with Crippen molar-refractivity contribution in [1.29, 1.82) is 0 Å². The molecule has 2 aromatic carbocycles. The van der Waals surface area contributed by atoms with Crippen LogP contribution in [0.4, 0.5) is 0 Å². The van der Waals surface area contributed by atoms with Crippen molar-refractivity contribution in [1.82, 2.24) is 0 Å². The summed E-state index contributed by atoms with van der Waals surface area (Å²) >= 11 is 1.56. The molecule has 0 bridgehead atoms. The maximum Gasteiger partial charge on any atom is 0.311 e.